The highest BCUT2D eigenvalue weighted by atomic mass is 16.8. The van der Waals surface area contributed by atoms with Gasteiger partial charge in [0.25, 0.3) is 0 Å². The monoisotopic (exact) mass is 1250 g/mol. The Balaban J connectivity index is 0.765. The van der Waals surface area contributed by atoms with Crippen LogP contribution < -0.4 is 0 Å². The van der Waals surface area contributed by atoms with Gasteiger partial charge in [0.15, 0.2) is 31.5 Å². The summed E-state index contributed by atoms with van der Waals surface area (Å²) >= 11 is 0. The van der Waals surface area contributed by atoms with Gasteiger partial charge in [0.1, 0.15) is 85.0 Å². The number of carbonyl (C=O) groups is 2. The molecule has 0 spiro atoms. The summed E-state index contributed by atoms with van der Waals surface area (Å²) in [6.07, 6.45) is -19.4. The molecule has 33 atom stereocenters. The highest BCUT2D eigenvalue weighted by molar-refractivity contribution is 5.72. The van der Waals surface area contributed by atoms with E-state index in [2.05, 4.69) is 6.92 Å². The number of hydrogen-bond donors (Lipinski definition) is 9. The fourth-order valence-corrected chi connectivity index (χ4v) is 16.8. The molecule has 9 fully saturated rings. The van der Waals surface area contributed by atoms with Crippen LogP contribution in [-0.4, -0.2) is 257 Å². The zero-order valence-electron chi connectivity index (χ0n) is 52.6. The molecule has 26 nitrogen and oxygen atoms in total. The van der Waals surface area contributed by atoms with Gasteiger partial charge in [0.2, 0.25) is 0 Å². The molecular weight excluding hydrogens is 1150 g/mol. The van der Waals surface area contributed by atoms with Crippen molar-refractivity contribution < 1.29 is 127 Å². The van der Waals surface area contributed by atoms with Crippen LogP contribution in [0.4, 0.5) is 0 Å². The Morgan fingerprint density at radius 1 is 0.575 bits per heavy atom. The molecule has 9 aliphatic rings. The van der Waals surface area contributed by atoms with Crippen molar-refractivity contribution >= 4 is 11.9 Å². The van der Waals surface area contributed by atoms with Crippen molar-refractivity contribution in [2.75, 3.05) is 34.5 Å². The topological polar surface area (TPSA) is 355 Å². The molecule has 5 saturated heterocycles. The smallest absolute Gasteiger partial charge is 0.309 e. The standard InChI is InChI=1S/C61H102O26/c1-13-27(2)55(70)79-31(6)60(71)18-19-61(72)35-15-14-33-20-34(16-17-58(33,8)36(35)21-42(59(60,61)9)80-32(7)64)81-43-22-37(73-10)51(28(3)76-43)84-44-23-38(74-11)52(29(4)77-44)85-45-24-39(75-12)53(30(5)78-45)86-57-50(69)48(67)54(41(26-63)83-57)87-56-49(68)47(66)46(65)40(25-62)82-56/h27-31,33-54,56-57,62-63,65-69,71-72H,13-26H2,1-12H3. The van der Waals surface area contributed by atoms with E-state index in [0.717, 1.165) is 32.1 Å². The number of methoxy groups -OCH3 is 3. The molecule has 0 amide bonds. The first kappa shape index (κ1) is 69.4. The van der Waals surface area contributed by atoms with E-state index in [1.165, 1.54) is 14.0 Å². The molecule has 33 unspecified atom stereocenters. The first-order valence-corrected chi connectivity index (χ1v) is 31.7. The third kappa shape index (κ3) is 13.1. The fourth-order valence-electron chi connectivity index (χ4n) is 16.8. The summed E-state index contributed by atoms with van der Waals surface area (Å²) in [4.78, 5) is 25.9. The van der Waals surface area contributed by atoms with Gasteiger partial charge in [0.05, 0.1) is 72.9 Å². The maximum atomic E-state index is 13.1. The van der Waals surface area contributed by atoms with Crippen LogP contribution in [0.5, 0.6) is 0 Å². The molecule has 9 rings (SSSR count). The Morgan fingerprint density at radius 2 is 1.08 bits per heavy atom. The van der Waals surface area contributed by atoms with E-state index in [-0.39, 0.29) is 60.9 Å². The van der Waals surface area contributed by atoms with Crippen molar-refractivity contribution in [3.05, 3.63) is 0 Å². The summed E-state index contributed by atoms with van der Waals surface area (Å²) < 4.78 is 92.8. The molecule has 0 aromatic carbocycles. The van der Waals surface area contributed by atoms with Gasteiger partial charge in [-0.25, -0.2) is 0 Å². The lowest BCUT2D eigenvalue weighted by molar-refractivity contribution is -0.376. The SMILES string of the molecule is CCC(C)C(=O)OC(C)C1(O)CCC2(O)C3CCC4CC(OC5CC(OC)C(OC6CC(OC)C(OC7CC(OC)C(OC8OC(CO)C(OC9OC(CO)C(O)C(O)C9O)C(O)C8O)C(C)O7)C(C)O6)C(C)O5)CCC4(C)C3CC(OC(C)=O)C12C. The predicted octanol–water partition coefficient (Wildman–Crippen LogP) is 1.01. The number of ether oxygens (including phenoxy) is 15. The molecule has 26 heteroatoms. The molecule has 5 aliphatic heterocycles. The van der Waals surface area contributed by atoms with E-state index in [1.54, 1.807) is 35.0 Å². The Kier molecular flexibility index (Phi) is 22.3. The normalized spacial score (nSPS) is 50.9. The Hall–Kier alpha value is -1.94. The van der Waals surface area contributed by atoms with Crippen LogP contribution in [0.25, 0.3) is 0 Å². The lowest BCUT2D eigenvalue weighted by Crippen LogP contribution is -2.72. The first-order valence-electron chi connectivity index (χ1n) is 31.7. The van der Waals surface area contributed by atoms with Crippen molar-refractivity contribution in [2.24, 2.45) is 34.5 Å². The number of rotatable bonds is 20. The maximum absolute atomic E-state index is 13.1. The summed E-state index contributed by atoms with van der Waals surface area (Å²) in [5.41, 5.74) is -4.54. The molecule has 0 bridgehead atoms. The molecule has 4 saturated carbocycles. The Labute approximate surface area is 510 Å². The van der Waals surface area contributed by atoms with Gasteiger partial charge < -0.3 is 117 Å². The van der Waals surface area contributed by atoms with Gasteiger partial charge in [-0.2, -0.15) is 0 Å². The number of aliphatic hydroxyl groups is 9. The van der Waals surface area contributed by atoms with Crippen LogP contribution >= 0.6 is 0 Å². The van der Waals surface area contributed by atoms with Crippen LogP contribution in [0.2, 0.25) is 0 Å². The predicted molar refractivity (Wildman–Crippen MR) is 299 cm³/mol. The van der Waals surface area contributed by atoms with E-state index in [9.17, 15) is 55.5 Å². The van der Waals surface area contributed by atoms with Gasteiger partial charge in [-0.1, -0.05) is 27.7 Å². The lowest BCUT2D eigenvalue weighted by atomic mass is 9.42. The zero-order chi connectivity index (χ0) is 63.4. The van der Waals surface area contributed by atoms with Crippen LogP contribution in [0.15, 0.2) is 0 Å². The molecule has 0 aromatic rings. The van der Waals surface area contributed by atoms with Crippen LogP contribution in [0.1, 0.15) is 139 Å². The molecule has 5 heterocycles. The molecule has 0 radical (unpaired) electrons. The summed E-state index contributed by atoms with van der Waals surface area (Å²) in [7, 11) is 4.70. The molecule has 502 valence electrons. The average molecular weight is 1250 g/mol. The van der Waals surface area contributed by atoms with E-state index in [0.29, 0.717) is 19.3 Å². The van der Waals surface area contributed by atoms with Gasteiger partial charge >= 0.3 is 11.9 Å². The van der Waals surface area contributed by atoms with Crippen molar-refractivity contribution in [3.8, 4) is 0 Å². The second kappa shape index (κ2) is 27.9. The lowest BCUT2D eigenvalue weighted by Gasteiger charge is -2.66. The molecular formula is C61H102O26. The third-order valence-electron chi connectivity index (χ3n) is 22.3. The van der Waals surface area contributed by atoms with Crippen LogP contribution in [0.3, 0.4) is 0 Å². The fraction of sp³-hybridized carbons (Fsp3) is 0.967. The molecule has 0 aromatic heterocycles. The second-order valence-electron chi connectivity index (χ2n) is 26.9. The largest absolute Gasteiger partial charge is 0.462 e. The number of esters is 2. The minimum absolute atomic E-state index is 0.00862. The molecule has 4 aliphatic carbocycles. The molecule has 9 N–H and O–H groups in total. The van der Waals surface area contributed by atoms with Crippen molar-refractivity contribution in [3.63, 3.8) is 0 Å². The van der Waals surface area contributed by atoms with Crippen molar-refractivity contribution in [2.45, 2.75) is 304 Å². The van der Waals surface area contributed by atoms with Crippen molar-refractivity contribution in [1.29, 1.82) is 0 Å². The number of aliphatic hydroxyl groups excluding tert-OH is 7. The Bertz CT molecular complexity index is 2270. The average Bonchev–Trinajstić information content (AvgIpc) is 1.61. The third-order valence-corrected chi connectivity index (χ3v) is 22.3. The van der Waals surface area contributed by atoms with Crippen LogP contribution in [-0.2, 0) is 80.6 Å². The quantitative estimate of drug-likeness (QED) is 0.0607. The second-order valence-corrected chi connectivity index (χ2v) is 26.9. The van der Waals surface area contributed by atoms with Gasteiger partial charge in [0, 0.05) is 47.5 Å². The van der Waals surface area contributed by atoms with E-state index in [1.807, 2.05) is 27.7 Å². The summed E-state index contributed by atoms with van der Waals surface area (Å²) in [6, 6.07) is 0. The molecule has 87 heavy (non-hydrogen) atoms. The maximum Gasteiger partial charge on any atom is 0.309 e. The highest BCUT2D eigenvalue weighted by Gasteiger charge is 2.77. The van der Waals surface area contributed by atoms with E-state index >= 15 is 0 Å². The minimum Gasteiger partial charge on any atom is -0.462 e. The van der Waals surface area contributed by atoms with Crippen molar-refractivity contribution in [1.82, 2.24) is 0 Å². The number of fused-ring (bicyclic) bond motifs is 5. The number of hydrogen-bond acceptors (Lipinski definition) is 26. The van der Waals surface area contributed by atoms with Gasteiger partial charge in [-0.15, -0.1) is 0 Å². The summed E-state index contributed by atoms with van der Waals surface area (Å²) in [6.45, 7) is 14.9. The van der Waals surface area contributed by atoms with E-state index in [4.69, 9.17) is 71.1 Å². The zero-order valence-corrected chi connectivity index (χ0v) is 52.6. The van der Waals surface area contributed by atoms with Crippen LogP contribution in [0, 0.1) is 34.5 Å². The first-order chi connectivity index (χ1) is 41.1. The van der Waals surface area contributed by atoms with Gasteiger partial charge in [-0.3, -0.25) is 9.59 Å². The van der Waals surface area contributed by atoms with Gasteiger partial charge in [-0.05, 0) is 109 Å². The summed E-state index contributed by atoms with van der Waals surface area (Å²) in [5.74, 6) is -1.19. The van der Waals surface area contributed by atoms with E-state index < -0.39 is 189 Å². The Morgan fingerprint density at radius 3 is 1.60 bits per heavy atom. The number of carbonyl (C=O) groups excluding carboxylic acids is 2. The minimum atomic E-state index is -1.82. The summed E-state index contributed by atoms with van der Waals surface area (Å²) in [5, 5.41) is 99.2. The highest BCUT2D eigenvalue weighted by Crippen LogP contribution is 2.71.